The van der Waals surface area contributed by atoms with Gasteiger partial charge in [-0.25, -0.2) is 8.42 Å². The number of hydrogen-bond acceptors (Lipinski definition) is 2. The van der Waals surface area contributed by atoms with Gasteiger partial charge in [0.1, 0.15) is 0 Å². The molecule has 2 rings (SSSR count). The first-order chi connectivity index (χ1) is 8.60. The molecule has 18 heavy (non-hydrogen) atoms. The number of aryl methyl sites for hydroxylation is 1. The number of nitrogens with zero attached hydrogens (tertiary/aromatic N) is 1. The summed E-state index contributed by atoms with van der Waals surface area (Å²) >= 11 is 0. The SMILES string of the molecule is Cc1ccc(S(=O)(=O)N2CCC=CCCC2)cc1. The Morgan fingerprint density at radius 3 is 2.39 bits per heavy atom. The summed E-state index contributed by atoms with van der Waals surface area (Å²) in [4.78, 5) is 0.401. The summed E-state index contributed by atoms with van der Waals surface area (Å²) in [7, 11) is -3.32. The Bertz CT molecular complexity index is 517. The molecule has 1 aliphatic rings. The number of hydrogen-bond donors (Lipinski definition) is 0. The maximum Gasteiger partial charge on any atom is 0.243 e. The highest BCUT2D eigenvalue weighted by molar-refractivity contribution is 7.89. The molecule has 1 aliphatic heterocycles. The Balaban J connectivity index is 2.24. The van der Waals surface area contributed by atoms with Gasteiger partial charge in [-0.1, -0.05) is 29.8 Å². The Labute approximate surface area is 109 Å². The van der Waals surface area contributed by atoms with Crippen molar-refractivity contribution in [1.82, 2.24) is 4.31 Å². The summed E-state index contributed by atoms with van der Waals surface area (Å²) in [6, 6.07) is 7.08. The lowest BCUT2D eigenvalue weighted by atomic mass is 10.2. The van der Waals surface area contributed by atoms with Gasteiger partial charge in [-0.15, -0.1) is 0 Å². The van der Waals surface area contributed by atoms with E-state index < -0.39 is 10.0 Å². The van der Waals surface area contributed by atoms with Crippen LogP contribution in [0.1, 0.15) is 24.8 Å². The number of allylic oxidation sites excluding steroid dienone is 1. The second-order valence-electron chi connectivity index (χ2n) is 4.62. The quantitative estimate of drug-likeness (QED) is 0.771. The lowest BCUT2D eigenvalue weighted by Crippen LogP contribution is -2.33. The third-order valence-electron chi connectivity index (χ3n) is 3.15. The minimum atomic E-state index is -3.32. The van der Waals surface area contributed by atoms with Gasteiger partial charge in [0, 0.05) is 13.1 Å². The first-order valence-corrected chi connectivity index (χ1v) is 7.76. The highest BCUT2D eigenvalue weighted by Crippen LogP contribution is 2.18. The molecule has 0 amide bonds. The summed E-state index contributed by atoms with van der Waals surface area (Å²) in [5, 5.41) is 0. The molecule has 0 aliphatic carbocycles. The zero-order valence-corrected chi connectivity index (χ0v) is 11.5. The topological polar surface area (TPSA) is 37.4 Å². The fourth-order valence-electron chi connectivity index (χ4n) is 2.05. The van der Waals surface area contributed by atoms with Crippen LogP contribution < -0.4 is 0 Å². The molecule has 0 atom stereocenters. The molecule has 0 saturated heterocycles. The molecule has 0 saturated carbocycles. The number of rotatable bonds is 2. The van der Waals surface area contributed by atoms with Crippen LogP contribution in [0.2, 0.25) is 0 Å². The van der Waals surface area contributed by atoms with Crippen molar-refractivity contribution in [2.75, 3.05) is 13.1 Å². The summed E-state index contributed by atoms with van der Waals surface area (Å²) in [5.74, 6) is 0. The average molecular weight is 265 g/mol. The van der Waals surface area contributed by atoms with Crippen molar-refractivity contribution in [2.24, 2.45) is 0 Å². The van der Waals surface area contributed by atoms with Crippen LogP contribution in [-0.2, 0) is 10.0 Å². The van der Waals surface area contributed by atoms with Gasteiger partial charge >= 0.3 is 0 Å². The van der Waals surface area contributed by atoms with E-state index in [1.54, 1.807) is 16.4 Å². The largest absolute Gasteiger partial charge is 0.243 e. The molecule has 0 spiro atoms. The third-order valence-corrected chi connectivity index (χ3v) is 5.06. The highest BCUT2D eigenvalue weighted by Gasteiger charge is 2.23. The molecule has 0 N–H and O–H groups in total. The monoisotopic (exact) mass is 265 g/mol. The van der Waals surface area contributed by atoms with Crippen molar-refractivity contribution >= 4 is 10.0 Å². The Kier molecular flexibility index (Phi) is 4.19. The van der Waals surface area contributed by atoms with Crippen LogP contribution in [0.3, 0.4) is 0 Å². The molecule has 4 heteroatoms. The van der Waals surface area contributed by atoms with Crippen molar-refractivity contribution in [1.29, 1.82) is 0 Å². The van der Waals surface area contributed by atoms with E-state index in [-0.39, 0.29) is 0 Å². The molecule has 1 heterocycles. The van der Waals surface area contributed by atoms with Crippen LogP contribution in [0, 0.1) is 6.92 Å². The van der Waals surface area contributed by atoms with E-state index in [0.717, 1.165) is 24.8 Å². The molecule has 0 radical (unpaired) electrons. The van der Waals surface area contributed by atoms with Crippen molar-refractivity contribution in [2.45, 2.75) is 31.1 Å². The fourth-order valence-corrected chi connectivity index (χ4v) is 3.54. The van der Waals surface area contributed by atoms with E-state index in [0.29, 0.717) is 18.0 Å². The summed E-state index contributed by atoms with van der Waals surface area (Å²) in [5.41, 5.74) is 1.07. The molecule has 0 bridgehead atoms. The minimum absolute atomic E-state index is 0.401. The average Bonchev–Trinajstić information content (AvgIpc) is 2.28. The maximum atomic E-state index is 12.5. The molecule has 1 aromatic rings. The lowest BCUT2D eigenvalue weighted by molar-refractivity contribution is 0.406. The molecule has 0 unspecified atom stereocenters. The van der Waals surface area contributed by atoms with Gasteiger partial charge in [0.05, 0.1) is 4.90 Å². The van der Waals surface area contributed by atoms with Crippen LogP contribution >= 0.6 is 0 Å². The number of benzene rings is 1. The standard InChI is InChI=1S/C14H19NO2S/c1-13-7-9-14(10-8-13)18(16,17)15-11-5-3-2-4-6-12-15/h2-3,7-10H,4-6,11-12H2,1H3. The van der Waals surface area contributed by atoms with E-state index >= 15 is 0 Å². The molecular weight excluding hydrogens is 246 g/mol. The highest BCUT2D eigenvalue weighted by atomic mass is 32.2. The van der Waals surface area contributed by atoms with Gasteiger partial charge in [0.15, 0.2) is 0 Å². The van der Waals surface area contributed by atoms with Crippen LogP contribution in [0.4, 0.5) is 0 Å². The van der Waals surface area contributed by atoms with Crippen molar-refractivity contribution in [3.05, 3.63) is 42.0 Å². The van der Waals surface area contributed by atoms with Crippen molar-refractivity contribution in [3.8, 4) is 0 Å². The van der Waals surface area contributed by atoms with Crippen molar-refractivity contribution in [3.63, 3.8) is 0 Å². The first-order valence-electron chi connectivity index (χ1n) is 6.32. The van der Waals surface area contributed by atoms with Gasteiger partial charge in [-0.2, -0.15) is 4.31 Å². The van der Waals surface area contributed by atoms with E-state index in [9.17, 15) is 8.42 Å². The Morgan fingerprint density at radius 2 is 1.67 bits per heavy atom. The second kappa shape index (κ2) is 5.67. The summed E-state index contributed by atoms with van der Waals surface area (Å²) in [6.07, 6.45) is 6.85. The normalized spacial score (nSPS) is 18.3. The maximum absolute atomic E-state index is 12.5. The van der Waals surface area contributed by atoms with Gasteiger partial charge in [-0.3, -0.25) is 0 Å². The fraction of sp³-hybridized carbons (Fsp3) is 0.429. The lowest BCUT2D eigenvalue weighted by Gasteiger charge is -2.22. The summed E-state index contributed by atoms with van der Waals surface area (Å²) in [6.45, 7) is 3.14. The third kappa shape index (κ3) is 3.00. The van der Waals surface area contributed by atoms with Gasteiger partial charge in [0.2, 0.25) is 10.0 Å². The van der Waals surface area contributed by atoms with E-state index in [2.05, 4.69) is 12.2 Å². The predicted molar refractivity (Wildman–Crippen MR) is 72.9 cm³/mol. The van der Waals surface area contributed by atoms with Crippen LogP contribution in [-0.4, -0.2) is 25.8 Å². The predicted octanol–water partition coefficient (Wildman–Crippen LogP) is 2.73. The van der Waals surface area contributed by atoms with E-state index in [1.807, 2.05) is 19.1 Å². The first kappa shape index (κ1) is 13.3. The molecule has 3 nitrogen and oxygen atoms in total. The van der Waals surface area contributed by atoms with Gasteiger partial charge < -0.3 is 0 Å². The van der Waals surface area contributed by atoms with Crippen LogP contribution in [0.15, 0.2) is 41.3 Å². The molecule has 0 aromatic heterocycles. The Hall–Kier alpha value is -1.13. The van der Waals surface area contributed by atoms with Crippen LogP contribution in [0.5, 0.6) is 0 Å². The van der Waals surface area contributed by atoms with Crippen LogP contribution in [0.25, 0.3) is 0 Å². The molecule has 0 fully saturated rings. The molecule has 98 valence electrons. The second-order valence-corrected chi connectivity index (χ2v) is 6.56. The summed E-state index contributed by atoms with van der Waals surface area (Å²) < 4.78 is 26.5. The number of sulfonamides is 1. The Morgan fingerprint density at radius 1 is 1.00 bits per heavy atom. The zero-order chi connectivity index (χ0) is 13.0. The molecule has 1 aromatic carbocycles. The van der Waals surface area contributed by atoms with Gasteiger partial charge in [0.25, 0.3) is 0 Å². The smallest absolute Gasteiger partial charge is 0.207 e. The molecular formula is C14H19NO2S. The van der Waals surface area contributed by atoms with Crippen molar-refractivity contribution < 1.29 is 8.42 Å². The zero-order valence-electron chi connectivity index (χ0n) is 10.7. The minimum Gasteiger partial charge on any atom is -0.207 e. The van der Waals surface area contributed by atoms with E-state index in [1.165, 1.54) is 0 Å². The van der Waals surface area contributed by atoms with Gasteiger partial charge in [-0.05, 0) is 38.3 Å². The van der Waals surface area contributed by atoms with E-state index in [4.69, 9.17) is 0 Å².